The van der Waals surface area contributed by atoms with Gasteiger partial charge in [0.2, 0.25) is 5.91 Å². The van der Waals surface area contributed by atoms with Gasteiger partial charge in [0.25, 0.3) is 0 Å². The van der Waals surface area contributed by atoms with Gasteiger partial charge in [-0.05, 0) is 36.2 Å². The third kappa shape index (κ3) is 3.13. The summed E-state index contributed by atoms with van der Waals surface area (Å²) >= 11 is 0. The van der Waals surface area contributed by atoms with Crippen LogP contribution in [-0.4, -0.2) is 17.4 Å². The summed E-state index contributed by atoms with van der Waals surface area (Å²) in [7, 11) is 0. The van der Waals surface area contributed by atoms with Crippen molar-refractivity contribution >= 4 is 23.0 Å². The zero-order valence-electron chi connectivity index (χ0n) is 11.7. The highest BCUT2D eigenvalue weighted by Gasteiger charge is 2.16. The van der Waals surface area contributed by atoms with Crippen LogP contribution < -0.4 is 16.4 Å². The van der Waals surface area contributed by atoms with Gasteiger partial charge in [-0.3, -0.25) is 9.78 Å². The molecule has 3 rings (SSSR count). The van der Waals surface area contributed by atoms with Crippen LogP contribution >= 0.6 is 0 Å². The maximum atomic E-state index is 11.5. The summed E-state index contributed by atoms with van der Waals surface area (Å²) in [6.07, 6.45) is 3.89. The molecule has 108 valence electrons. The van der Waals surface area contributed by atoms with E-state index in [2.05, 4.69) is 15.6 Å². The lowest BCUT2D eigenvalue weighted by molar-refractivity contribution is -0.116. The van der Waals surface area contributed by atoms with Crippen molar-refractivity contribution in [2.24, 2.45) is 0 Å². The summed E-state index contributed by atoms with van der Waals surface area (Å²) < 4.78 is 0. The van der Waals surface area contributed by atoms with Crippen molar-refractivity contribution in [1.82, 2.24) is 4.98 Å². The molecule has 0 radical (unpaired) electrons. The average molecular weight is 282 g/mol. The molecule has 1 aliphatic heterocycles. The van der Waals surface area contributed by atoms with Crippen molar-refractivity contribution in [1.29, 1.82) is 0 Å². The molecule has 5 nitrogen and oxygen atoms in total. The van der Waals surface area contributed by atoms with Gasteiger partial charge in [-0.2, -0.15) is 0 Å². The van der Waals surface area contributed by atoms with Gasteiger partial charge in [0, 0.05) is 37.0 Å². The lowest BCUT2D eigenvalue weighted by atomic mass is 10.0. The second-order valence-electron chi connectivity index (χ2n) is 5.14. The Balaban J connectivity index is 1.68. The Labute approximate surface area is 123 Å². The van der Waals surface area contributed by atoms with Crippen molar-refractivity contribution in [2.75, 3.05) is 22.9 Å². The fourth-order valence-electron chi connectivity index (χ4n) is 2.47. The van der Waals surface area contributed by atoms with Gasteiger partial charge in [0.1, 0.15) is 0 Å². The number of nitrogens with two attached hydrogens (primary N) is 1. The molecule has 0 fully saturated rings. The van der Waals surface area contributed by atoms with Crippen molar-refractivity contribution in [3.05, 3.63) is 47.8 Å². The first-order valence-electron chi connectivity index (χ1n) is 7.08. The van der Waals surface area contributed by atoms with Gasteiger partial charge in [0.15, 0.2) is 0 Å². The Morgan fingerprint density at radius 2 is 2.19 bits per heavy atom. The smallest absolute Gasteiger partial charge is 0.224 e. The Morgan fingerprint density at radius 3 is 3.00 bits per heavy atom. The number of hydrogen-bond acceptors (Lipinski definition) is 4. The summed E-state index contributed by atoms with van der Waals surface area (Å²) in [6.45, 7) is 0.744. The first-order valence-corrected chi connectivity index (χ1v) is 7.08. The predicted molar refractivity (Wildman–Crippen MR) is 84.2 cm³/mol. The number of anilines is 3. The van der Waals surface area contributed by atoms with Crippen LogP contribution in [0.1, 0.15) is 17.7 Å². The quantitative estimate of drug-likeness (QED) is 0.751. The molecule has 0 unspecified atom stereocenters. The third-order valence-electron chi connectivity index (χ3n) is 3.59. The second kappa shape index (κ2) is 5.83. The van der Waals surface area contributed by atoms with E-state index in [4.69, 9.17) is 5.73 Å². The maximum Gasteiger partial charge on any atom is 0.224 e. The molecule has 1 aromatic carbocycles. The number of nitrogens with one attached hydrogen (secondary N) is 2. The van der Waals surface area contributed by atoms with E-state index < -0.39 is 0 Å². The number of benzene rings is 1. The van der Waals surface area contributed by atoms with Crippen LogP contribution in [-0.2, 0) is 17.6 Å². The highest BCUT2D eigenvalue weighted by atomic mass is 16.1. The Kier molecular flexibility index (Phi) is 3.73. The fraction of sp³-hybridized carbons (Fsp3) is 0.250. The predicted octanol–water partition coefficient (Wildman–Crippen LogP) is 2.20. The molecule has 1 amide bonds. The third-order valence-corrected chi connectivity index (χ3v) is 3.59. The minimum absolute atomic E-state index is 0.0618. The Hall–Kier alpha value is -2.56. The molecule has 1 aromatic heterocycles. The molecule has 0 spiro atoms. The van der Waals surface area contributed by atoms with Crippen molar-refractivity contribution in [3.63, 3.8) is 0 Å². The maximum absolute atomic E-state index is 11.5. The lowest BCUT2D eigenvalue weighted by Crippen LogP contribution is -2.19. The number of hydrogen-bond donors (Lipinski definition) is 3. The van der Waals surface area contributed by atoms with E-state index in [0.29, 0.717) is 12.1 Å². The highest BCUT2D eigenvalue weighted by molar-refractivity contribution is 5.95. The van der Waals surface area contributed by atoms with Crippen LogP contribution in [0.3, 0.4) is 0 Å². The number of nitrogens with zero attached hydrogens (tertiary/aromatic N) is 1. The summed E-state index contributed by atoms with van der Waals surface area (Å²) in [4.78, 5) is 15.7. The number of nitrogen functional groups attached to an aromatic ring is 1. The Morgan fingerprint density at radius 1 is 1.29 bits per heavy atom. The van der Waals surface area contributed by atoms with E-state index in [0.717, 1.165) is 42.0 Å². The van der Waals surface area contributed by atoms with Gasteiger partial charge in [-0.1, -0.05) is 6.07 Å². The van der Waals surface area contributed by atoms with Gasteiger partial charge in [-0.15, -0.1) is 0 Å². The van der Waals surface area contributed by atoms with Crippen LogP contribution in [0.25, 0.3) is 0 Å². The topological polar surface area (TPSA) is 80.0 Å². The van der Waals surface area contributed by atoms with E-state index in [1.165, 1.54) is 0 Å². The standard InChI is InChI=1S/C16H18N4O/c17-13-9-11-4-5-16(21)20-14(11)10-15(13)19-8-6-12-3-1-2-7-18-12/h1-3,7,9-10,19H,4-6,8,17H2,(H,20,21). The van der Waals surface area contributed by atoms with Crippen molar-refractivity contribution in [2.45, 2.75) is 19.3 Å². The number of aromatic nitrogens is 1. The van der Waals surface area contributed by atoms with E-state index in [-0.39, 0.29) is 5.91 Å². The fourth-order valence-corrected chi connectivity index (χ4v) is 2.47. The second-order valence-corrected chi connectivity index (χ2v) is 5.14. The first kappa shape index (κ1) is 13.4. The van der Waals surface area contributed by atoms with Crippen LogP contribution in [0.15, 0.2) is 36.5 Å². The number of carbonyl (C=O) groups excluding carboxylic acids is 1. The van der Waals surface area contributed by atoms with Gasteiger partial charge in [0.05, 0.1) is 11.4 Å². The van der Waals surface area contributed by atoms with E-state index >= 15 is 0 Å². The minimum Gasteiger partial charge on any atom is -0.397 e. The number of aryl methyl sites for hydroxylation is 1. The lowest BCUT2D eigenvalue weighted by Gasteiger charge is -2.19. The number of fused-ring (bicyclic) bond motifs is 1. The van der Waals surface area contributed by atoms with Gasteiger partial charge in [-0.25, -0.2) is 0 Å². The summed E-state index contributed by atoms with van der Waals surface area (Å²) in [5.74, 6) is 0.0618. The summed E-state index contributed by atoms with van der Waals surface area (Å²) in [5, 5.41) is 6.20. The molecule has 0 saturated carbocycles. The zero-order valence-corrected chi connectivity index (χ0v) is 11.7. The molecule has 1 aliphatic rings. The molecular formula is C16H18N4O. The molecule has 21 heavy (non-hydrogen) atoms. The van der Waals surface area contributed by atoms with Gasteiger partial charge < -0.3 is 16.4 Å². The monoisotopic (exact) mass is 282 g/mol. The van der Waals surface area contributed by atoms with Crippen LogP contribution in [0, 0.1) is 0 Å². The molecule has 5 heteroatoms. The van der Waals surface area contributed by atoms with Crippen molar-refractivity contribution < 1.29 is 4.79 Å². The first-order chi connectivity index (χ1) is 10.2. The summed E-state index contributed by atoms with van der Waals surface area (Å²) in [6, 6.07) is 9.74. The van der Waals surface area contributed by atoms with E-state index in [9.17, 15) is 4.79 Å². The zero-order chi connectivity index (χ0) is 14.7. The molecule has 2 heterocycles. The number of rotatable bonds is 4. The molecule has 0 aliphatic carbocycles. The van der Waals surface area contributed by atoms with E-state index in [1.807, 2.05) is 30.3 Å². The number of amides is 1. The Bertz CT molecular complexity index is 655. The SMILES string of the molecule is Nc1cc2c(cc1NCCc1ccccn1)NC(=O)CC2. The number of carbonyl (C=O) groups is 1. The van der Waals surface area contributed by atoms with Crippen LogP contribution in [0.5, 0.6) is 0 Å². The average Bonchev–Trinajstić information content (AvgIpc) is 2.49. The molecular weight excluding hydrogens is 264 g/mol. The van der Waals surface area contributed by atoms with Crippen LogP contribution in [0.4, 0.5) is 17.1 Å². The van der Waals surface area contributed by atoms with Crippen LogP contribution in [0.2, 0.25) is 0 Å². The normalized spacial score (nSPS) is 13.4. The highest BCUT2D eigenvalue weighted by Crippen LogP contribution is 2.30. The molecule has 4 N–H and O–H groups in total. The number of pyridine rings is 1. The largest absolute Gasteiger partial charge is 0.397 e. The molecule has 0 atom stereocenters. The molecule has 0 saturated heterocycles. The molecule has 0 bridgehead atoms. The molecule has 2 aromatic rings. The van der Waals surface area contributed by atoms with Gasteiger partial charge >= 0.3 is 0 Å². The summed E-state index contributed by atoms with van der Waals surface area (Å²) in [5.41, 5.74) is 10.6. The van der Waals surface area contributed by atoms with E-state index in [1.54, 1.807) is 6.20 Å². The van der Waals surface area contributed by atoms with Crippen molar-refractivity contribution in [3.8, 4) is 0 Å². The minimum atomic E-state index is 0.0618.